The fourth-order valence-corrected chi connectivity index (χ4v) is 9.94. The highest BCUT2D eigenvalue weighted by Crippen LogP contribution is 2.78. The molecule has 2 spiro atoms. The second-order valence-corrected chi connectivity index (χ2v) is 12.3. The molecular weight excluding hydrogens is 384 g/mol. The number of ketones is 1. The predicted octanol–water partition coefficient (Wildman–Crippen LogP) is 4.46. The van der Waals surface area contributed by atoms with Crippen molar-refractivity contribution >= 4 is 23.5 Å². The number of carbonyl (C=O) groups excluding carboxylic acids is 2. The molecule has 5 heteroatoms. The zero-order chi connectivity index (χ0) is 20.2. The summed E-state index contributed by atoms with van der Waals surface area (Å²) in [5, 5.41) is 0.493. The first-order valence-corrected chi connectivity index (χ1v) is 12.6. The number of hydrogen-bond donors (Lipinski definition) is 0. The maximum atomic E-state index is 12.3. The van der Waals surface area contributed by atoms with Gasteiger partial charge in [0.2, 0.25) is 0 Å². The van der Waals surface area contributed by atoms with Crippen LogP contribution in [0.15, 0.2) is 11.6 Å². The molecule has 2 heterocycles. The van der Waals surface area contributed by atoms with Crippen LogP contribution in [0.2, 0.25) is 0 Å². The number of carbonyl (C=O) groups is 2. The third kappa shape index (κ3) is 2.07. The standard InChI is InChI=1S/C24H32O4S/c1-4-29-17-12-14-11-15(25)5-8-21(14,2)24-18(27-24)13-22(3)16(20(17)24)6-9-23(22)10-7-19(26)28-23/h11,16-18,20H,4-10,12-13H2,1-3H3/t16?,17-,18+,20?,21+,22+,23-,24?/m1/s1. The Kier molecular flexibility index (Phi) is 3.72. The molecule has 0 bridgehead atoms. The summed E-state index contributed by atoms with van der Waals surface area (Å²) in [6.45, 7) is 7.03. The SMILES string of the molecule is CCS[C@@H]1CC2=CC(=O)CC[C@]2(C)C23O[C@H]2C[C@@]2(C)C(CC[C@@]24CCC(=O)O4)C13. The molecule has 0 aromatic carbocycles. The van der Waals surface area contributed by atoms with E-state index in [0.717, 1.165) is 44.3 Å². The van der Waals surface area contributed by atoms with Gasteiger partial charge in [-0.3, -0.25) is 9.59 Å². The lowest BCUT2D eigenvalue weighted by molar-refractivity contribution is -0.164. The van der Waals surface area contributed by atoms with Crippen LogP contribution in [-0.2, 0) is 19.1 Å². The van der Waals surface area contributed by atoms with E-state index in [1.54, 1.807) is 0 Å². The number of ether oxygens (including phenoxy) is 2. The minimum Gasteiger partial charge on any atom is -0.458 e. The average Bonchev–Trinajstić information content (AvgIpc) is 3.16. The zero-order valence-corrected chi connectivity index (χ0v) is 18.6. The Morgan fingerprint density at radius 1 is 1.17 bits per heavy atom. The number of epoxide rings is 1. The molecule has 3 unspecified atom stereocenters. The van der Waals surface area contributed by atoms with Crippen molar-refractivity contribution in [1.29, 1.82) is 0 Å². The minimum atomic E-state index is -0.270. The van der Waals surface area contributed by atoms with Gasteiger partial charge in [-0.15, -0.1) is 0 Å². The lowest BCUT2D eigenvalue weighted by Crippen LogP contribution is -2.63. The van der Waals surface area contributed by atoms with Gasteiger partial charge in [0.05, 0.1) is 6.10 Å². The monoisotopic (exact) mass is 416 g/mol. The van der Waals surface area contributed by atoms with Crippen LogP contribution in [-0.4, -0.2) is 40.1 Å². The molecule has 5 fully saturated rings. The zero-order valence-electron chi connectivity index (χ0n) is 17.8. The van der Waals surface area contributed by atoms with Crippen molar-refractivity contribution in [2.45, 2.75) is 94.7 Å². The Labute approximate surface area is 177 Å². The van der Waals surface area contributed by atoms with Gasteiger partial charge in [0, 0.05) is 34.8 Å². The van der Waals surface area contributed by atoms with Gasteiger partial charge in [0.25, 0.3) is 0 Å². The predicted molar refractivity (Wildman–Crippen MR) is 112 cm³/mol. The van der Waals surface area contributed by atoms with E-state index < -0.39 is 0 Å². The molecule has 2 saturated heterocycles. The minimum absolute atomic E-state index is 0.00784. The van der Waals surface area contributed by atoms with E-state index in [0.29, 0.717) is 35.7 Å². The molecule has 4 aliphatic carbocycles. The summed E-state index contributed by atoms with van der Waals surface area (Å²) in [7, 11) is 0. The summed E-state index contributed by atoms with van der Waals surface area (Å²) < 4.78 is 12.9. The van der Waals surface area contributed by atoms with Crippen LogP contribution in [0, 0.1) is 22.7 Å². The van der Waals surface area contributed by atoms with Gasteiger partial charge < -0.3 is 9.47 Å². The molecule has 4 nitrogen and oxygen atoms in total. The van der Waals surface area contributed by atoms with E-state index in [2.05, 4.69) is 32.5 Å². The van der Waals surface area contributed by atoms with Crippen molar-refractivity contribution in [3.05, 3.63) is 11.6 Å². The number of hydrogen-bond acceptors (Lipinski definition) is 5. The maximum absolute atomic E-state index is 12.3. The van der Waals surface area contributed by atoms with Crippen LogP contribution < -0.4 is 0 Å². The lowest BCUT2D eigenvalue weighted by atomic mass is 9.46. The second-order valence-electron chi connectivity index (χ2n) is 10.8. The van der Waals surface area contributed by atoms with Crippen molar-refractivity contribution in [2.75, 3.05) is 5.75 Å². The summed E-state index contributed by atoms with van der Waals surface area (Å²) >= 11 is 2.06. The quantitative estimate of drug-likeness (QED) is 0.491. The van der Waals surface area contributed by atoms with Gasteiger partial charge in [-0.2, -0.15) is 11.8 Å². The first-order chi connectivity index (χ1) is 13.8. The first kappa shape index (κ1) is 18.9. The van der Waals surface area contributed by atoms with Crippen molar-refractivity contribution in [1.82, 2.24) is 0 Å². The molecule has 0 aromatic rings. The van der Waals surface area contributed by atoms with E-state index >= 15 is 0 Å². The van der Waals surface area contributed by atoms with Crippen LogP contribution >= 0.6 is 11.8 Å². The summed E-state index contributed by atoms with van der Waals surface area (Å²) in [4.78, 5) is 24.4. The number of esters is 1. The van der Waals surface area contributed by atoms with E-state index in [1.165, 1.54) is 5.57 Å². The van der Waals surface area contributed by atoms with E-state index in [1.807, 2.05) is 6.08 Å². The van der Waals surface area contributed by atoms with Crippen LogP contribution in [0.3, 0.4) is 0 Å². The van der Waals surface area contributed by atoms with Crippen molar-refractivity contribution in [2.24, 2.45) is 22.7 Å². The van der Waals surface area contributed by atoms with E-state index in [9.17, 15) is 9.59 Å². The van der Waals surface area contributed by atoms with E-state index in [-0.39, 0.29) is 34.1 Å². The second kappa shape index (κ2) is 5.70. The fourth-order valence-electron chi connectivity index (χ4n) is 8.62. The van der Waals surface area contributed by atoms with Gasteiger partial charge in [0.15, 0.2) is 5.78 Å². The van der Waals surface area contributed by atoms with Crippen molar-refractivity contribution < 1.29 is 19.1 Å². The van der Waals surface area contributed by atoms with Crippen molar-refractivity contribution in [3.8, 4) is 0 Å². The topological polar surface area (TPSA) is 55.9 Å². The van der Waals surface area contributed by atoms with Gasteiger partial charge in [-0.25, -0.2) is 0 Å². The van der Waals surface area contributed by atoms with Crippen LogP contribution in [0.1, 0.15) is 72.1 Å². The Bertz CT molecular complexity index is 837. The Balaban J connectivity index is 1.46. The molecule has 0 amide bonds. The molecule has 2 aliphatic heterocycles. The Morgan fingerprint density at radius 2 is 2.00 bits per heavy atom. The summed E-state index contributed by atoms with van der Waals surface area (Å²) in [6.07, 6.45) is 9.42. The molecule has 0 aromatic heterocycles. The molecule has 158 valence electrons. The number of fused-ring (bicyclic) bond motifs is 4. The molecular formula is C24H32O4S. The van der Waals surface area contributed by atoms with Crippen LogP contribution in [0.4, 0.5) is 0 Å². The van der Waals surface area contributed by atoms with Gasteiger partial charge in [-0.05, 0) is 56.3 Å². The largest absolute Gasteiger partial charge is 0.458 e. The van der Waals surface area contributed by atoms with Gasteiger partial charge in [-0.1, -0.05) is 26.3 Å². The summed E-state index contributed by atoms with van der Waals surface area (Å²) in [5.74, 6) is 2.40. The number of rotatable bonds is 2. The molecule has 3 saturated carbocycles. The van der Waals surface area contributed by atoms with Crippen molar-refractivity contribution in [3.63, 3.8) is 0 Å². The highest BCUT2D eigenvalue weighted by molar-refractivity contribution is 7.99. The average molecular weight is 417 g/mol. The maximum Gasteiger partial charge on any atom is 0.306 e. The molecule has 29 heavy (non-hydrogen) atoms. The van der Waals surface area contributed by atoms with Crippen LogP contribution in [0.5, 0.6) is 0 Å². The molecule has 6 aliphatic rings. The summed E-state index contributed by atoms with van der Waals surface area (Å²) in [6, 6.07) is 0. The number of thioether (sulfide) groups is 1. The Hall–Kier alpha value is -0.810. The lowest BCUT2D eigenvalue weighted by Gasteiger charge is -2.59. The molecule has 6 rings (SSSR count). The normalized spacial score (nSPS) is 54.9. The smallest absolute Gasteiger partial charge is 0.306 e. The highest BCUT2D eigenvalue weighted by Gasteiger charge is 2.82. The summed E-state index contributed by atoms with van der Waals surface area (Å²) in [5.41, 5.74) is 0.978. The molecule has 0 N–H and O–H groups in total. The fraction of sp³-hybridized carbons (Fsp3) is 0.833. The third-order valence-electron chi connectivity index (χ3n) is 10.0. The molecule has 0 radical (unpaired) electrons. The van der Waals surface area contributed by atoms with Gasteiger partial charge >= 0.3 is 5.97 Å². The van der Waals surface area contributed by atoms with Crippen LogP contribution in [0.25, 0.3) is 0 Å². The first-order valence-electron chi connectivity index (χ1n) is 11.5. The van der Waals surface area contributed by atoms with Gasteiger partial charge in [0.1, 0.15) is 11.2 Å². The Morgan fingerprint density at radius 3 is 2.72 bits per heavy atom. The molecule has 8 atom stereocenters. The van der Waals surface area contributed by atoms with E-state index in [4.69, 9.17) is 9.47 Å². The highest BCUT2D eigenvalue weighted by atomic mass is 32.2. The third-order valence-corrected chi connectivity index (χ3v) is 11.3.